The molecule has 0 spiro atoms. The van der Waals surface area contributed by atoms with Crippen LogP contribution in [-0.4, -0.2) is 21.8 Å². The highest BCUT2D eigenvalue weighted by Crippen LogP contribution is 2.61. The second kappa shape index (κ2) is 5.77. The van der Waals surface area contributed by atoms with E-state index in [1.807, 2.05) is 24.4 Å². The Bertz CT molecular complexity index is 612. The minimum Gasteiger partial charge on any atom is -0.331 e. The Balaban J connectivity index is 1.82. The first-order valence-corrected chi connectivity index (χ1v) is 8.72. The van der Waals surface area contributed by atoms with Crippen molar-refractivity contribution in [3.8, 4) is 0 Å². The van der Waals surface area contributed by atoms with Crippen LogP contribution in [0.4, 0.5) is 0 Å². The Hall–Kier alpha value is -1.64. The number of hydrogen-bond acceptors (Lipinski definition) is 2. The van der Waals surface area contributed by atoms with E-state index in [0.717, 1.165) is 18.5 Å². The van der Waals surface area contributed by atoms with Gasteiger partial charge in [-0.15, -0.1) is 0 Å². The lowest BCUT2D eigenvalue weighted by Crippen LogP contribution is -2.38. The molecule has 0 aromatic carbocycles. The van der Waals surface area contributed by atoms with Gasteiger partial charge in [-0.25, -0.2) is 0 Å². The van der Waals surface area contributed by atoms with Crippen molar-refractivity contribution in [2.45, 2.75) is 59.5 Å². The summed E-state index contributed by atoms with van der Waals surface area (Å²) in [5.74, 6) is 0.805. The summed E-state index contributed by atoms with van der Waals surface area (Å²) in [5.41, 5.74) is 2.37. The van der Waals surface area contributed by atoms with Crippen LogP contribution in [0.3, 0.4) is 0 Å². The van der Waals surface area contributed by atoms with Crippen LogP contribution in [0.1, 0.15) is 59.2 Å². The molecule has 0 unspecified atom stereocenters. The Morgan fingerprint density at radius 2 is 2.04 bits per heavy atom. The first kappa shape index (κ1) is 16.2. The monoisotopic (exact) mass is 312 g/mol. The van der Waals surface area contributed by atoms with E-state index in [2.05, 4.69) is 50.6 Å². The molecule has 3 atom stereocenters. The Morgan fingerprint density at radius 1 is 1.35 bits per heavy atom. The van der Waals surface area contributed by atoms with E-state index in [0.29, 0.717) is 17.9 Å². The molecule has 0 radical (unpaired) electrons. The highest BCUT2D eigenvalue weighted by atomic mass is 16.2. The summed E-state index contributed by atoms with van der Waals surface area (Å²) in [6.07, 6.45) is 6.35. The maximum atomic E-state index is 13.3. The second-order valence-electron chi connectivity index (χ2n) is 7.98. The van der Waals surface area contributed by atoms with Crippen LogP contribution in [0.2, 0.25) is 0 Å². The molecule has 23 heavy (non-hydrogen) atoms. The predicted octanol–water partition coefficient (Wildman–Crippen LogP) is 4.37. The van der Waals surface area contributed by atoms with Gasteiger partial charge < -0.3 is 4.90 Å². The molecule has 0 N–H and O–H groups in total. The summed E-state index contributed by atoms with van der Waals surface area (Å²) in [5, 5.41) is 0. The van der Waals surface area contributed by atoms with Crippen molar-refractivity contribution in [3.05, 3.63) is 41.7 Å². The molecule has 2 fully saturated rings. The van der Waals surface area contributed by atoms with Gasteiger partial charge >= 0.3 is 0 Å². The van der Waals surface area contributed by atoms with Crippen LogP contribution in [0, 0.1) is 17.3 Å². The van der Waals surface area contributed by atoms with Crippen LogP contribution >= 0.6 is 0 Å². The number of carbonyl (C=O) groups excluding carboxylic acids is 1. The SMILES string of the molecule is CC(C)=C[C@@H]1[C@H](C(=O)N(C2CC2)[C@@H](C)c2ccccn2)C1(C)C. The molecule has 2 saturated carbocycles. The summed E-state index contributed by atoms with van der Waals surface area (Å²) in [7, 11) is 0. The molecule has 1 heterocycles. The van der Waals surface area contributed by atoms with Crippen molar-refractivity contribution in [1.82, 2.24) is 9.88 Å². The van der Waals surface area contributed by atoms with Crippen molar-refractivity contribution >= 4 is 5.91 Å². The van der Waals surface area contributed by atoms with Crippen LogP contribution in [0.5, 0.6) is 0 Å². The van der Waals surface area contributed by atoms with Gasteiger partial charge in [0, 0.05) is 12.2 Å². The summed E-state index contributed by atoms with van der Waals surface area (Å²) in [6.45, 7) is 10.8. The standard InChI is InChI=1S/C20H28N2O/c1-13(2)12-16-18(20(16,4)5)19(23)22(15-9-10-15)14(3)17-8-6-7-11-21-17/h6-8,11-12,14-16,18H,9-10H2,1-5H3/t14-,16+,18+/m0/s1. The lowest BCUT2D eigenvalue weighted by atomic mass is 10.1. The number of hydrogen-bond donors (Lipinski definition) is 0. The quantitative estimate of drug-likeness (QED) is 0.756. The summed E-state index contributed by atoms with van der Waals surface area (Å²) in [6, 6.07) is 6.41. The molecule has 2 aliphatic rings. The van der Waals surface area contributed by atoms with Gasteiger partial charge in [0.2, 0.25) is 5.91 Å². The van der Waals surface area contributed by atoms with Gasteiger partial charge in [-0.1, -0.05) is 31.6 Å². The normalized spacial score (nSPS) is 26.3. The van der Waals surface area contributed by atoms with Gasteiger partial charge in [-0.3, -0.25) is 9.78 Å². The van der Waals surface area contributed by atoms with Gasteiger partial charge in [0.1, 0.15) is 0 Å². The van der Waals surface area contributed by atoms with E-state index < -0.39 is 0 Å². The molecule has 124 valence electrons. The number of nitrogens with zero attached hydrogens (tertiary/aromatic N) is 2. The minimum atomic E-state index is 0.0555. The van der Waals surface area contributed by atoms with Crippen molar-refractivity contribution < 1.29 is 4.79 Å². The van der Waals surface area contributed by atoms with Gasteiger partial charge in [0.25, 0.3) is 0 Å². The molecule has 2 aliphatic carbocycles. The van der Waals surface area contributed by atoms with Crippen molar-refractivity contribution in [2.75, 3.05) is 0 Å². The largest absolute Gasteiger partial charge is 0.331 e. The molecule has 3 rings (SSSR count). The highest BCUT2D eigenvalue weighted by Gasteiger charge is 2.62. The third kappa shape index (κ3) is 3.06. The van der Waals surface area contributed by atoms with Gasteiger partial charge in [-0.2, -0.15) is 0 Å². The van der Waals surface area contributed by atoms with Crippen LogP contribution in [-0.2, 0) is 4.79 Å². The first-order chi connectivity index (χ1) is 10.8. The minimum absolute atomic E-state index is 0.0555. The highest BCUT2D eigenvalue weighted by molar-refractivity contribution is 5.84. The second-order valence-corrected chi connectivity index (χ2v) is 7.98. The summed E-state index contributed by atoms with van der Waals surface area (Å²) < 4.78 is 0. The van der Waals surface area contributed by atoms with Crippen molar-refractivity contribution in [3.63, 3.8) is 0 Å². The van der Waals surface area contributed by atoms with Crippen LogP contribution in [0.15, 0.2) is 36.0 Å². The molecule has 0 saturated heterocycles. The lowest BCUT2D eigenvalue weighted by molar-refractivity contribution is -0.136. The predicted molar refractivity (Wildman–Crippen MR) is 92.7 cm³/mol. The molecule has 0 aliphatic heterocycles. The molecule has 1 aromatic heterocycles. The molecule has 1 aromatic rings. The average Bonchev–Trinajstić information content (AvgIpc) is 3.39. The maximum Gasteiger partial charge on any atom is 0.227 e. The van der Waals surface area contributed by atoms with Crippen LogP contribution in [0.25, 0.3) is 0 Å². The van der Waals surface area contributed by atoms with Gasteiger partial charge in [0.15, 0.2) is 0 Å². The average molecular weight is 312 g/mol. The van der Waals surface area contributed by atoms with E-state index in [4.69, 9.17) is 0 Å². The first-order valence-electron chi connectivity index (χ1n) is 8.72. The van der Waals surface area contributed by atoms with E-state index in [1.54, 1.807) is 0 Å². The molecule has 1 amide bonds. The zero-order chi connectivity index (χ0) is 16.8. The third-order valence-electron chi connectivity index (χ3n) is 5.42. The van der Waals surface area contributed by atoms with Gasteiger partial charge in [-0.05, 0) is 57.1 Å². The van der Waals surface area contributed by atoms with Crippen molar-refractivity contribution in [1.29, 1.82) is 0 Å². The zero-order valence-electron chi connectivity index (χ0n) is 14.9. The number of amides is 1. The smallest absolute Gasteiger partial charge is 0.227 e. The molecule has 0 bridgehead atoms. The zero-order valence-corrected chi connectivity index (χ0v) is 14.9. The van der Waals surface area contributed by atoms with Gasteiger partial charge in [0.05, 0.1) is 17.7 Å². The number of aromatic nitrogens is 1. The molecule has 3 heteroatoms. The topological polar surface area (TPSA) is 33.2 Å². The number of allylic oxidation sites excluding steroid dienone is 2. The number of rotatable bonds is 5. The Morgan fingerprint density at radius 3 is 2.57 bits per heavy atom. The molecular formula is C20H28N2O. The fourth-order valence-corrected chi connectivity index (χ4v) is 3.79. The molecular weight excluding hydrogens is 284 g/mol. The summed E-state index contributed by atoms with van der Waals surface area (Å²) >= 11 is 0. The maximum absolute atomic E-state index is 13.3. The summed E-state index contributed by atoms with van der Waals surface area (Å²) in [4.78, 5) is 19.9. The fourth-order valence-electron chi connectivity index (χ4n) is 3.79. The fraction of sp³-hybridized carbons (Fsp3) is 0.600. The van der Waals surface area contributed by atoms with Crippen molar-refractivity contribution in [2.24, 2.45) is 17.3 Å². The van der Waals surface area contributed by atoms with E-state index in [1.165, 1.54) is 5.57 Å². The van der Waals surface area contributed by atoms with E-state index >= 15 is 0 Å². The Kier molecular flexibility index (Phi) is 4.07. The number of carbonyl (C=O) groups is 1. The van der Waals surface area contributed by atoms with Crippen LogP contribution < -0.4 is 0 Å². The Labute approximate surface area is 139 Å². The lowest BCUT2D eigenvalue weighted by Gasteiger charge is -2.30. The molecule has 3 nitrogen and oxygen atoms in total. The number of pyridine rings is 1. The van der Waals surface area contributed by atoms with E-state index in [9.17, 15) is 4.79 Å². The van der Waals surface area contributed by atoms with E-state index in [-0.39, 0.29) is 17.4 Å². The third-order valence-corrected chi connectivity index (χ3v) is 5.42.